The van der Waals surface area contributed by atoms with Crippen LogP contribution in [0.2, 0.25) is 5.02 Å². The summed E-state index contributed by atoms with van der Waals surface area (Å²) < 4.78 is 33.6. The Morgan fingerprint density at radius 1 is 1.33 bits per heavy atom. The van der Waals surface area contributed by atoms with Gasteiger partial charge in [-0.2, -0.15) is 9.78 Å². The minimum absolute atomic E-state index is 0.0191. The third-order valence-corrected chi connectivity index (χ3v) is 6.69. The van der Waals surface area contributed by atoms with Crippen molar-refractivity contribution < 1.29 is 23.4 Å². The van der Waals surface area contributed by atoms with Gasteiger partial charge in [0.05, 0.1) is 11.9 Å². The highest BCUT2D eigenvalue weighted by atomic mass is 35.5. The topological polar surface area (TPSA) is 121 Å². The van der Waals surface area contributed by atoms with Gasteiger partial charge in [0.1, 0.15) is 10.7 Å². The van der Waals surface area contributed by atoms with Crippen LogP contribution in [0.4, 0.5) is 14.5 Å². The van der Waals surface area contributed by atoms with E-state index in [1.54, 1.807) is 17.0 Å². The van der Waals surface area contributed by atoms with Gasteiger partial charge in [-0.3, -0.25) is 10.2 Å². The van der Waals surface area contributed by atoms with Gasteiger partial charge in [-0.05, 0) is 24.8 Å². The highest BCUT2D eigenvalue weighted by Gasteiger charge is 2.29. The lowest BCUT2D eigenvalue weighted by Crippen LogP contribution is -2.40. The summed E-state index contributed by atoms with van der Waals surface area (Å²) in [7, 11) is 0. The molecule has 0 spiro atoms. The summed E-state index contributed by atoms with van der Waals surface area (Å²) in [5, 5.41) is 24.8. The first-order chi connectivity index (χ1) is 17.3. The normalized spacial score (nSPS) is 18.4. The Hall–Kier alpha value is -3.31. The van der Waals surface area contributed by atoms with E-state index in [4.69, 9.17) is 21.7 Å². The number of anilines is 1. The molecule has 2 aliphatic rings. The van der Waals surface area contributed by atoms with E-state index < -0.39 is 29.9 Å². The zero-order valence-corrected chi connectivity index (χ0v) is 20.1. The van der Waals surface area contributed by atoms with E-state index in [9.17, 15) is 23.5 Å². The first kappa shape index (κ1) is 25.8. The number of nitrogens with one attached hydrogen (secondary N) is 2. The lowest BCUT2D eigenvalue weighted by atomic mass is 10.00. The van der Waals surface area contributed by atoms with Crippen LogP contribution in [0.25, 0.3) is 0 Å². The molecule has 12 heteroatoms. The molecule has 1 fully saturated rings. The molecule has 0 amide bonds. The van der Waals surface area contributed by atoms with Crippen molar-refractivity contribution in [2.75, 3.05) is 24.6 Å². The van der Waals surface area contributed by atoms with E-state index in [1.807, 2.05) is 0 Å². The summed E-state index contributed by atoms with van der Waals surface area (Å²) in [4.78, 5) is 26.2. The zero-order chi connectivity index (χ0) is 25.8. The van der Waals surface area contributed by atoms with Crippen molar-refractivity contribution >= 4 is 29.0 Å². The fraction of sp³-hybridized carbons (Fsp3) is 0.417. The molecule has 3 heterocycles. The molecular formula is C24H26ClF2N5O4. The Kier molecular flexibility index (Phi) is 8.00. The Morgan fingerprint density at radius 3 is 2.81 bits per heavy atom. The Bertz CT molecular complexity index is 1240. The van der Waals surface area contributed by atoms with Crippen LogP contribution in [0.5, 0.6) is 0 Å². The second-order valence-corrected chi connectivity index (χ2v) is 8.95. The molecule has 1 atom stereocenters. The fourth-order valence-corrected chi connectivity index (χ4v) is 4.67. The van der Waals surface area contributed by atoms with Crippen molar-refractivity contribution in [2.24, 2.45) is 0 Å². The molecule has 0 bridgehead atoms. The van der Waals surface area contributed by atoms with Gasteiger partial charge < -0.3 is 20.1 Å². The highest BCUT2D eigenvalue weighted by molar-refractivity contribution is 6.41. The second-order valence-electron chi connectivity index (χ2n) is 8.58. The van der Waals surface area contributed by atoms with E-state index in [0.29, 0.717) is 36.5 Å². The second kappa shape index (κ2) is 11.2. The predicted octanol–water partition coefficient (Wildman–Crippen LogP) is 3.89. The summed E-state index contributed by atoms with van der Waals surface area (Å²) >= 11 is 6.42. The smallest absolute Gasteiger partial charge is 0.354 e. The lowest BCUT2D eigenvalue weighted by Gasteiger charge is -2.33. The minimum atomic E-state index is -2.65. The molecule has 1 aromatic carbocycles. The number of halogens is 3. The molecule has 9 nitrogen and oxygen atoms in total. The lowest BCUT2D eigenvalue weighted by molar-refractivity contribution is -0.129. The number of alkyl halides is 2. The van der Waals surface area contributed by atoms with E-state index in [2.05, 4.69) is 10.4 Å². The maximum atomic E-state index is 13.3. The highest BCUT2D eigenvalue weighted by Crippen LogP contribution is 2.29. The number of hydrogen-bond donors (Lipinski definition) is 3. The molecular weight excluding hydrogens is 496 g/mol. The quantitative estimate of drug-likeness (QED) is 0.451. The van der Waals surface area contributed by atoms with Gasteiger partial charge in [0.25, 0.3) is 12.0 Å². The molecule has 0 radical (unpaired) electrons. The summed E-state index contributed by atoms with van der Waals surface area (Å²) in [5.41, 5.74) is 0.105. The number of benzene rings is 1. The number of hydrogen-bond acceptors (Lipinski definition) is 7. The van der Waals surface area contributed by atoms with Gasteiger partial charge in [-0.25, -0.2) is 13.6 Å². The Labute approximate surface area is 210 Å². The molecule has 1 unspecified atom stereocenters. The SMILES string of the molecule is N=C(C(=O)O)C1=C(NCc2ccccc2C(F)F)CCN(c2cnn(C3CCCCO3)c(=O)c2Cl)C1. The van der Waals surface area contributed by atoms with Gasteiger partial charge >= 0.3 is 5.97 Å². The van der Waals surface area contributed by atoms with Gasteiger partial charge in [0, 0.05) is 49.5 Å². The number of aliphatic carboxylic acids is 1. The van der Waals surface area contributed by atoms with Crippen LogP contribution in [0.15, 0.2) is 46.5 Å². The van der Waals surface area contributed by atoms with Gasteiger partial charge in [-0.1, -0.05) is 35.9 Å². The molecule has 3 N–H and O–H groups in total. The summed E-state index contributed by atoms with van der Waals surface area (Å²) in [5.74, 6) is -1.42. The largest absolute Gasteiger partial charge is 0.477 e. The number of aromatic nitrogens is 2. The van der Waals surface area contributed by atoms with Crippen molar-refractivity contribution in [3.63, 3.8) is 0 Å². The third-order valence-electron chi connectivity index (χ3n) is 6.34. The Morgan fingerprint density at radius 2 is 2.11 bits per heavy atom. The monoisotopic (exact) mass is 521 g/mol. The standard InChI is InChI=1S/C24H26ClF2N5O4/c25-20-18(12-30-32(23(20)33)19-7-3-4-10-36-19)31-9-8-17(16(13-31)21(28)24(34)35)29-11-14-5-1-2-6-15(14)22(26)27/h1-2,5-6,12,19,22,28-29H,3-4,7-11,13H2,(H,34,35). The van der Waals surface area contributed by atoms with Crippen molar-refractivity contribution in [1.29, 1.82) is 5.41 Å². The summed E-state index contributed by atoms with van der Waals surface area (Å²) in [6, 6.07) is 6.09. The maximum absolute atomic E-state index is 13.3. The molecule has 1 aromatic heterocycles. The maximum Gasteiger partial charge on any atom is 0.354 e. The van der Waals surface area contributed by atoms with Crippen LogP contribution >= 0.6 is 11.6 Å². The van der Waals surface area contributed by atoms with Crippen molar-refractivity contribution in [3.05, 3.63) is 68.2 Å². The summed E-state index contributed by atoms with van der Waals surface area (Å²) in [6.07, 6.45) is 1.08. The molecule has 1 saturated heterocycles. The van der Waals surface area contributed by atoms with Crippen LogP contribution in [0.3, 0.4) is 0 Å². The average molecular weight is 522 g/mol. The molecule has 0 saturated carbocycles. The van der Waals surface area contributed by atoms with Gasteiger partial charge in [0.15, 0.2) is 6.23 Å². The van der Waals surface area contributed by atoms with Crippen LogP contribution in [0, 0.1) is 5.41 Å². The zero-order valence-electron chi connectivity index (χ0n) is 19.3. The fourth-order valence-electron chi connectivity index (χ4n) is 4.41. The minimum Gasteiger partial charge on any atom is -0.477 e. The molecule has 2 aromatic rings. The van der Waals surface area contributed by atoms with Crippen LogP contribution in [-0.2, 0) is 16.1 Å². The van der Waals surface area contributed by atoms with E-state index in [1.165, 1.54) is 23.0 Å². The van der Waals surface area contributed by atoms with Crippen LogP contribution in [0.1, 0.15) is 49.5 Å². The first-order valence-corrected chi connectivity index (χ1v) is 11.9. The molecule has 192 valence electrons. The van der Waals surface area contributed by atoms with E-state index in [0.717, 1.165) is 12.8 Å². The van der Waals surface area contributed by atoms with Crippen molar-refractivity contribution in [2.45, 2.75) is 44.9 Å². The number of ether oxygens (including phenoxy) is 1. The van der Waals surface area contributed by atoms with Crippen molar-refractivity contribution in [1.82, 2.24) is 15.1 Å². The van der Waals surface area contributed by atoms with Crippen molar-refractivity contribution in [3.8, 4) is 0 Å². The average Bonchev–Trinajstić information content (AvgIpc) is 2.89. The van der Waals surface area contributed by atoms with Gasteiger partial charge in [-0.15, -0.1) is 0 Å². The first-order valence-electron chi connectivity index (χ1n) is 11.6. The Balaban J connectivity index is 1.59. The molecule has 4 rings (SSSR count). The van der Waals surface area contributed by atoms with Crippen LogP contribution in [-0.4, -0.2) is 46.3 Å². The summed E-state index contributed by atoms with van der Waals surface area (Å²) in [6.45, 7) is 0.911. The number of carboxylic acids is 1. The number of nitrogens with zero attached hydrogens (tertiary/aromatic N) is 3. The third kappa shape index (κ3) is 5.41. The predicted molar refractivity (Wildman–Crippen MR) is 130 cm³/mol. The van der Waals surface area contributed by atoms with E-state index in [-0.39, 0.29) is 35.7 Å². The number of rotatable bonds is 8. The number of carboxylic acid groups (broad SMARTS) is 1. The molecule has 2 aliphatic heterocycles. The number of carbonyl (C=O) groups is 1. The van der Waals surface area contributed by atoms with Gasteiger partial charge in [0.2, 0.25) is 0 Å². The molecule has 0 aliphatic carbocycles. The molecule has 36 heavy (non-hydrogen) atoms. The van der Waals surface area contributed by atoms with E-state index >= 15 is 0 Å². The van der Waals surface area contributed by atoms with Crippen LogP contribution < -0.4 is 15.8 Å².